The summed E-state index contributed by atoms with van der Waals surface area (Å²) in [5.74, 6) is 0.643. The summed E-state index contributed by atoms with van der Waals surface area (Å²) < 4.78 is 5.03. The van der Waals surface area contributed by atoms with E-state index in [0.717, 1.165) is 5.56 Å². The molecular weight excluding hydrogens is 218 g/mol. The van der Waals surface area contributed by atoms with Gasteiger partial charge in [-0.15, -0.1) is 11.8 Å². The van der Waals surface area contributed by atoms with Crippen LogP contribution in [0.5, 0.6) is 5.88 Å². The van der Waals surface area contributed by atoms with Crippen molar-refractivity contribution in [2.24, 2.45) is 0 Å². The highest BCUT2D eigenvalue weighted by atomic mass is 32.2. The second-order valence-electron chi connectivity index (χ2n) is 3.32. The van der Waals surface area contributed by atoms with E-state index in [9.17, 15) is 0 Å². The fourth-order valence-electron chi connectivity index (χ4n) is 1.46. The molecule has 0 aliphatic heterocycles. The van der Waals surface area contributed by atoms with E-state index in [4.69, 9.17) is 4.74 Å². The maximum Gasteiger partial charge on any atom is 0.212 e. The summed E-state index contributed by atoms with van der Waals surface area (Å²) in [5, 5.41) is 0. The SMILES string of the molecule is COc1ccc(-c2ccc(SC)cc2)cn1. The largest absolute Gasteiger partial charge is 0.481 e. The van der Waals surface area contributed by atoms with Crippen LogP contribution in [-0.2, 0) is 0 Å². The minimum atomic E-state index is 0.643. The summed E-state index contributed by atoms with van der Waals surface area (Å²) in [7, 11) is 1.62. The molecule has 1 heterocycles. The summed E-state index contributed by atoms with van der Waals surface area (Å²) in [6.45, 7) is 0. The van der Waals surface area contributed by atoms with Gasteiger partial charge in [0.1, 0.15) is 0 Å². The van der Waals surface area contributed by atoms with Gasteiger partial charge in [-0.05, 0) is 30.0 Å². The average molecular weight is 231 g/mol. The molecule has 2 nitrogen and oxygen atoms in total. The molecule has 3 heteroatoms. The van der Waals surface area contributed by atoms with Crippen molar-refractivity contribution < 1.29 is 4.74 Å². The third-order valence-corrected chi connectivity index (χ3v) is 3.11. The highest BCUT2D eigenvalue weighted by Gasteiger charge is 1.99. The van der Waals surface area contributed by atoms with Gasteiger partial charge in [-0.25, -0.2) is 4.98 Å². The number of hydrogen-bond acceptors (Lipinski definition) is 3. The molecule has 0 aliphatic rings. The van der Waals surface area contributed by atoms with E-state index in [1.165, 1.54) is 10.5 Å². The van der Waals surface area contributed by atoms with E-state index < -0.39 is 0 Å². The summed E-state index contributed by atoms with van der Waals surface area (Å²) in [6, 6.07) is 12.3. The Morgan fingerprint density at radius 3 is 2.19 bits per heavy atom. The Hall–Kier alpha value is -1.48. The van der Waals surface area contributed by atoms with Gasteiger partial charge in [0.05, 0.1) is 7.11 Å². The minimum Gasteiger partial charge on any atom is -0.481 e. The van der Waals surface area contributed by atoms with Crippen LogP contribution >= 0.6 is 11.8 Å². The Labute approximate surface area is 99.7 Å². The molecule has 1 aromatic heterocycles. The summed E-state index contributed by atoms with van der Waals surface area (Å²) in [4.78, 5) is 5.46. The number of hydrogen-bond donors (Lipinski definition) is 0. The first-order valence-corrected chi connectivity index (χ1v) is 6.20. The Balaban J connectivity index is 2.28. The van der Waals surface area contributed by atoms with Gasteiger partial charge in [-0.1, -0.05) is 12.1 Å². The zero-order valence-electron chi connectivity index (χ0n) is 9.31. The van der Waals surface area contributed by atoms with E-state index in [2.05, 4.69) is 35.5 Å². The molecule has 82 valence electrons. The number of pyridine rings is 1. The van der Waals surface area contributed by atoms with Crippen molar-refractivity contribution in [1.82, 2.24) is 4.98 Å². The summed E-state index contributed by atoms with van der Waals surface area (Å²) in [6.07, 6.45) is 3.90. The van der Waals surface area contributed by atoms with Gasteiger partial charge in [-0.2, -0.15) is 0 Å². The van der Waals surface area contributed by atoms with Gasteiger partial charge in [0, 0.05) is 22.7 Å². The molecule has 0 saturated carbocycles. The topological polar surface area (TPSA) is 22.1 Å². The molecule has 0 saturated heterocycles. The average Bonchev–Trinajstić information content (AvgIpc) is 2.39. The highest BCUT2D eigenvalue weighted by Crippen LogP contribution is 2.23. The maximum atomic E-state index is 5.03. The predicted molar refractivity (Wildman–Crippen MR) is 68.0 cm³/mol. The first kappa shape index (κ1) is 11.0. The molecule has 0 atom stereocenters. The maximum absolute atomic E-state index is 5.03. The van der Waals surface area contributed by atoms with Crippen molar-refractivity contribution in [3.63, 3.8) is 0 Å². The first-order chi connectivity index (χ1) is 7.83. The molecule has 16 heavy (non-hydrogen) atoms. The van der Waals surface area contributed by atoms with Crippen molar-refractivity contribution in [2.45, 2.75) is 4.90 Å². The number of rotatable bonds is 3. The van der Waals surface area contributed by atoms with Crippen LogP contribution < -0.4 is 4.74 Å². The van der Waals surface area contributed by atoms with Crippen molar-refractivity contribution in [1.29, 1.82) is 0 Å². The fourth-order valence-corrected chi connectivity index (χ4v) is 1.86. The molecule has 0 aliphatic carbocycles. The van der Waals surface area contributed by atoms with Crippen LogP contribution in [0.1, 0.15) is 0 Å². The first-order valence-electron chi connectivity index (χ1n) is 4.98. The molecule has 0 bridgehead atoms. The monoisotopic (exact) mass is 231 g/mol. The van der Waals surface area contributed by atoms with Gasteiger partial charge in [0.2, 0.25) is 5.88 Å². The lowest BCUT2D eigenvalue weighted by Gasteiger charge is -2.03. The molecule has 0 spiro atoms. The van der Waals surface area contributed by atoms with Crippen molar-refractivity contribution in [2.75, 3.05) is 13.4 Å². The predicted octanol–water partition coefficient (Wildman–Crippen LogP) is 3.48. The molecule has 2 rings (SSSR count). The zero-order chi connectivity index (χ0) is 11.4. The molecule has 0 unspecified atom stereocenters. The number of thioether (sulfide) groups is 1. The van der Waals surface area contributed by atoms with Gasteiger partial charge < -0.3 is 4.74 Å². The lowest BCUT2D eigenvalue weighted by atomic mass is 10.1. The van der Waals surface area contributed by atoms with Gasteiger partial charge in [0.25, 0.3) is 0 Å². The smallest absolute Gasteiger partial charge is 0.212 e. The third-order valence-electron chi connectivity index (χ3n) is 2.37. The van der Waals surface area contributed by atoms with Crippen molar-refractivity contribution in [3.05, 3.63) is 42.6 Å². The number of nitrogens with zero attached hydrogens (tertiary/aromatic N) is 1. The second-order valence-corrected chi connectivity index (χ2v) is 4.20. The van der Waals surface area contributed by atoms with Crippen LogP contribution in [0.4, 0.5) is 0 Å². The van der Waals surface area contributed by atoms with Crippen LogP contribution in [0.2, 0.25) is 0 Å². The Morgan fingerprint density at radius 2 is 1.69 bits per heavy atom. The van der Waals surface area contributed by atoms with E-state index in [0.29, 0.717) is 5.88 Å². The number of methoxy groups -OCH3 is 1. The molecule has 2 aromatic rings. The van der Waals surface area contributed by atoms with Crippen LogP contribution in [-0.4, -0.2) is 18.3 Å². The Morgan fingerprint density at radius 1 is 1.00 bits per heavy atom. The van der Waals surface area contributed by atoms with Crippen LogP contribution in [0.3, 0.4) is 0 Å². The van der Waals surface area contributed by atoms with E-state index in [-0.39, 0.29) is 0 Å². The third kappa shape index (κ3) is 2.36. The second kappa shape index (κ2) is 5.03. The standard InChI is InChI=1S/C13H13NOS/c1-15-13-8-5-11(9-14-13)10-3-6-12(16-2)7-4-10/h3-9H,1-2H3. The zero-order valence-corrected chi connectivity index (χ0v) is 10.1. The van der Waals surface area contributed by atoms with Gasteiger partial charge in [-0.3, -0.25) is 0 Å². The lowest BCUT2D eigenvalue weighted by molar-refractivity contribution is 0.398. The molecule has 0 fully saturated rings. The minimum absolute atomic E-state index is 0.643. The Kier molecular flexibility index (Phi) is 3.47. The number of ether oxygens (including phenoxy) is 1. The van der Waals surface area contributed by atoms with Crippen LogP contribution in [0.15, 0.2) is 47.5 Å². The molecule has 1 aromatic carbocycles. The molecular formula is C13H13NOS. The van der Waals surface area contributed by atoms with Crippen molar-refractivity contribution in [3.8, 4) is 17.0 Å². The summed E-state index contributed by atoms with van der Waals surface area (Å²) in [5.41, 5.74) is 2.28. The van der Waals surface area contributed by atoms with E-state index in [1.807, 2.05) is 18.3 Å². The quantitative estimate of drug-likeness (QED) is 0.755. The Bertz CT molecular complexity index is 405. The lowest BCUT2D eigenvalue weighted by Crippen LogP contribution is -1.87. The normalized spacial score (nSPS) is 10.1. The summed E-state index contributed by atoms with van der Waals surface area (Å²) >= 11 is 1.74. The van der Waals surface area contributed by atoms with E-state index in [1.54, 1.807) is 18.9 Å². The van der Waals surface area contributed by atoms with Crippen LogP contribution in [0, 0.1) is 0 Å². The van der Waals surface area contributed by atoms with Gasteiger partial charge >= 0.3 is 0 Å². The molecule has 0 amide bonds. The van der Waals surface area contributed by atoms with Gasteiger partial charge in [0.15, 0.2) is 0 Å². The van der Waals surface area contributed by atoms with Crippen molar-refractivity contribution >= 4 is 11.8 Å². The van der Waals surface area contributed by atoms with E-state index >= 15 is 0 Å². The highest BCUT2D eigenvalue weighted by molar-refractivity contribution is 7.98. The van der Waals surface area contributed by atoms with Crippen LogP contribution in [0.25, 0.3) is 11.1 Å². The number of aromatic nitrogens is 1. The molecule has 0 N–H and O–H groups in total. The molecule has 0 radical (unpaired) electrons. The number of benzene rings is 1. The fraction of sp³-hybridized carbons (Fsp3) is 0.154.